The Labute approximate surface area is 68.0 Å². The molecule has 2 heterocycles. The Balaban J connectivity index is 2.62. The van der Waals surface area contributed by atoms with Crippen molar-refractivity contribution in [2.45, 2.75) is 0 Å². The standard InChI is InChI=1S/C9H6N2O/c1-6-3-12-4-7(6)2-9-8(1)10-5-11-9/h1-5H,(H,10,11). The van der Waals surface area contributed by atoms with Gasteiger partial charge in [-0.2, -0.15) is 0 Å². The topological polar surface area (TPSA) is 41.8 Å². The summed E-state index contributed by atoms with van der Waals surface area (Å²) in [5.41, 5.74) is 2.02. The van der Waals surface area contributed by atoms with Gasteiger partial charge in [0.25, 0.3) is 0 Å². The summed E-state index contributed by atoms with van der Waals surface area (Å²) in [6, 6.07) is 4.03. The summed E-state index contributed by atoms with van der Waals surface area (Å²) < 4.78 is 5.06. The molecule has 0 bridgehead atoms. The molecule has 0 unspecified atom stereocenters. The molecule has 3 heteroatoms. The molecule has 0 aliphatic rings. The van der Waals surface area contributed by atoms with Crippen molar-refractivity contribution in [2.24, 2.45) is 0 Å². The first-order valence-electron chi connectivity index (χ1n) is 3.72. The number of benzene rings is 1. The average Bonchev–Trinajstić information content (AvgIpc) is 2.64. The Morgan fingerprint density at radius 3 is 2.92 bits per heavy atom. The van der Waals surface area contributed by atoms with Crippen LogP contribution < -0.4 is 0 Å². The Kier molecular flexibility index (Phi) is 0.913. The lowest BCUT2D eigenvalue weighted by Gasteiger charge is -1.87. The molecule has 0 fully saturated rings. The predicted molar refractivity (Wildman–Crippen MR) is 45.9 cm³/mol. The Morgan fingerprint density at radius 2 is 2.00 bits per heavy atom. The number of imidazole rings is 1. The minimum absolute atomic E-state index is 0.976. The highest BCUT2D eigenvalue weighted by Gasteiger charge is 2.00. The second kappa shape index (κ2) is 1.88. The predicted octanol–water partition coefficient (Wildman–Crippen LogP) is 2.31. The van der Waals surface area contributed by atoms with Crippen LogP contribution in [-0.4, -0.2) is 9.97 Å². The van der Waals surface area contributed by atoms with Gasteiger partial charge in [-0.3, -0.25) is 0 Å². The van der Waals surface area contributed by atoms with Crippen molar-refractivity contribution < 1.29 is 4.42 Å². The fraction of sp³-hybridized carbons (Fsp3) is 0. The minimum atomic E-state index is 0.976. The lowest BCUT2D eigenvalue weighted by molar-refractivity contribution is 0.572. The summed E-state index contributed by atoms with van der Waals surface area (Å²) in [6.07, 6.45) is 5.15. The maximum Gasteiger partial charge on any atom is 0.0982 e. The zero-order valence-corrected chi connectivity index (χ0v) is 6.24. The van der Waals surface area contributed by atoms with Crippen LogP contribution in [0.3, 0.4) is 0 Å². The molecule has 3 rings (SSSR count). The van der Waals surface area contributed by atoms with Crippen molar-refractivity contribution in [2.75, 3.05) is 0 Å². The van der Waals surface area contributed by atoms with Crippen molar-refractivity contribution in [3.05, 3.63) is 31.0 Å². The quantitative estimate of drug-likeness (QED) is 0.545. The van der Waals surface area contributed by atoms with Gasteiger partial charge in [-0.1, -0.05) is 0 Å². The molecule has 0 saturated carbocycles. The maximum atomic E-state index is 5.06. The second-order valence-corrected chi connectivity index (χ2v) is 2.77. The maximum absolute atomic E-state index is 5.06. The van der Waals surface area contributed by atoms with Crippen LogP contribution in [0.15, 0.2) is 35.4 Å². The molecule has 0 amide bonds. The number of nitrogens with zero attached hydrogens (tertiary/aromatic N) is 1. The van der Waals surface area contributed by atoms with Crippen LogP contribution in [0.25, 0.3) is 21.8 Å². The van der Waals surface area contributed by atoms with Crippen molar-refractivity contribution in [1.29, 1.82) is 0 Å². The van der Waals surface area contributed by atoms with Gasteiger partial charge in [0.05, 0.1) is 29.9 Å². The van der Waals surface area contributed by atoms with Gasteiger partial charge in [0.1, 0.15) is 0 Å². The van der Waals surface area contributed by atoms with E-state index in [4.69, 9.17) is 4.42 Å². The van der Waals surface area contributed by atoms with E-state index in [9.17, 15) is 0 Å². The van der Waals surface area contributed by atoms with Gasteiger partial charge in [0.2, 0.25) is 0 Å². The van der Waals surface area contributed by atoms with Crippen molar-refractivity contribution in [3.63, 3.8) is 0 Å². The summed E-state index contributed by atoms with van der Waals surface area (Å²) in [6.45, 7) is 0. The SMILES string of the molecule is c1nc2cc3cocc3cc2[nH]1. The molecule has 0 radical (unpaired) electrons. The molecule has 0 atom stereocenters. The molecule has 1 N–H and O–H groups in total. The summed E-state index contributed by atoms with van der Waals surface area (Å²) in [5, 5.41) is 2.20. The highest BCUT2D eigenvalue weighted by Crippen LogP contribution is 2.20. The van der Waals surface area contributed by atoms with Gasteiger partial charge < -0.3 is 9.40 Å². The van der Waals surface area contributed by atoms with Gasteiger partial charge in [-0.25, -0.2) is 4.98 Å². The third kappa shape index (κ3) is 0.625. The molecule has 0 spiro atoms. The number of hydrogen-bond donors (Lipinski definition) is 1. The zero-order chi connectivity index (χ0) is 7.97. The van der Waals surface area contributed by atoms with E-state index in [-0.39, 0.29) is 0 Å². The van der Waals surface area contributed by atoms with Crippen LogP contribution in [0, 0.1) is 0 Å². The first-order valence-corrected chi connectivity index (χ1v) is 3.72. The number of aromatic nitrogens is 2. The molecular formula is C9H6N2O. The molecule has 12 heavy (non-hydrogen) atoms. The van der Waals surface area contributed by atoms with E-state index >= 15 is 0 Å². The molecule has 3 nitrogen and oxygen atoms in total. The number of rotatable bonds is 0. The smallest absolute Gasteiger partial charge is 0.0982 e. The van der Waals surface area contributed by atoms with E-state index in [0.29, 0.717) is 0 Å². The van der Waals surface area contributed by atoms with Gasteiger partial charge >= 0.3 is 0 Å². The van der Waals surface area contributed by atoms with Gasteiger partial charge in [0.15, 0.2) is 0 Å². The number of aromatic amines is 1. The van der Waals surface area contributed by atoms with E-state index in [1.54, 1.807) is 18.9 Å². The van der Waals surface area contributed by atoms with Crippen molar-refractivity contribution in [3.8, 4) is 0 Å². The number of H-pyrrole nitrogens is 1. The summed E-state index contributed by atoms with van der Waals surface area (Å²) >= 11 is 0. The fourth-order valence-corrected chi connectivity index (χ4v) is 1.40. The third-order valence-corrected chi connectivity index (χ3v) is 2.02. The van der Waals surface area contributed by atoms with Crippen LogP contribution in [-0.2, 0) is 0 Å². The lowest BCUT2D eigenvalue weighted by Crippen LogP contribution is -1.68. The largest absolute Gasteiger partial charge is 0.471 e. The molecule has 0 aliphatic carbocycles. The molecule has 3 aromatic rings. The first-order chi connectivity index (χ1) is 5.93. The van der Waals surface area contributed by atoms with Crippen LogP contribution in [0.4, 0.5) is 0 Å². The lowest BCUT2D eigenvalue weighted by atomic mass is 10.2. The Bertz CT molecular complexity index is 444. The first kappa shape index (κ1) is 5.83. The van der Waals surface area contributed by atoms with Gasteiger partial charge in [-0.15, -0.1) is 0 Å². The minimum Gasteiger partial charge on any atom is -0.471 e. The van der Waals surface area contributed by atoms with Crippen molar-refractivity contribution in [1.82, 2.24) is 9.97 Å². The number of furan rings is 1. The highest BCUT2D eigenvalue weighted by molar-refractivity contribution is 5.94. The van der Waals surface area contributed by atoms with Crippen LogP contribution in [0.5, 0.6) is 0 Å². The van der Waals surface area contributed by atoms with Crippen molar-refractivity contribution >= 4 is 21.8 Å². The molecule has 1 aromatic carbocycles. The van der Waals surface area contributed by atoms with Gasteiger partial charge in [-0.05, 0) is 12.1 Å². The Hall–Kier alpha value is -1.77. The van der Waals surface area contributed by atoms with Crippen LogP contribution in [0.2, 0.25) is 0 Å². The zero-order valence-electron chi connectivity index (χ0n) is 6.24. The molecule has 0 aliphatic heterocycles. The van der Waals surface area contributed by atoms with Crippen LogP contribution >= 0.6 is 0 Å². The second-order valence-electron chi connectivity index (χ2n) is 2.77. The number of hydrogen-bond acceptors (Lipinski definition) is 2. The fourth-order valence-electron chi connectivity index (χ4n) is 1.40. The molecule has 0 saturated heterocycles. The highest BCUT2D eigenvalue weighted by atomic mass is 16.3. The average molecular weight is 158 g/mol. The number of nitrogens with one attached hydrogen (secondary N) is 1. The molecule has 2 aromatic heterocycles. The number of fused-ring (bicyclic) bond motifs is 2. The van der Waals surface area contributed by atoms with Gasteiger partial charge in [0, 0.05) is 10.8 Å². The summed E-state index contributed by atoms with van der Waals surface area (Å²) in [4.78, 5) is 7.20. The van der Waals surface area contributed by atoms with E-state index < -0.39 is 0 Å². The summed E-state index contributed by atoms with van der Waals surface area (Å²) in [5.74, 6) is 0. The normalized spacial score (nSPS) is 11.3. The van der Waals surface area contributed by atoms with E-state index in [1.807, 2.05) is 12.1 Å². The Morgan fingerprint density at radius 1 is 1.17 bits per heavy atom. The van der Waals surface area contributed by atoms with E-state index in [0.717, 1.165) is 21.8 Å². The van der Waals surface area contributed by atoms with E-state index in [2.05, 4.69) is 9.97 Å². The van der Waals surface area contributed by atoms with E-state index in [1.165, 1.54) is 0 Å². The molecule has 58 valence electrons. The third-order valence-electron chi connectivity index (χ3n) is 2.02. The monoisotopic (exact) mass is 158 g/mol. The van der Waals surface area contributed by atoms with Crippen LogP contribution in [0.1, 0.15) is 0 Å². The summed E-state index contributed by atoms with van der Waals surface area (Å²) in [7, 11) is 0. The molecular weight excluding hydrogens is 152 g/mol.